The van der Waals surface area contributed by atoms with Crippen LogP contribution in [0.1, 0.15) is 0 Å². The van der Waals surface area contributed by atoms with Crippen LogP contribution in [-0.4, -0.2) is 13.1 Å². The third-order valence-electron chi connectivity index (χ3n) is 6.93. The van der Waals surface area contributed by atoms with Crippen LogP contribution in [-0.2, 0) is 0 Å². The van der Waals surface area contributed by atoms with Crippen LogP contribution in [0.15, 0.2) is 142 Å². The second-order valence-electron chi connectivity index (χ2n) is 9.79. The van der Waals surface area contributed by atoms with Gasteiger partial charge in [-0.05, 0) is 72.8 Å². The van der Waals surface area contributed by atoms with E-state index in [4.69, 9.17) is 11.5 Å². The van der Waals surface area contributed by atoms with Crippen LogP contribution in [0.25, 0.3) is 21.5 Å². The highest BCUT2D eigenvalue weighted by Crippen LogP contribution is 2.33. The van der Waals surface area contributed by atoms with Gasteiger partial charge in [-0.3, -0.25) is 0 Å². The first kappa shape index (κ1) is 26.5. The lowest BCUT2D eigenvalue weighted by atomic mass is 10.1. The van der Waals surface area contributed by atoms with Crippen LogP contribution >= 0.6 is 0 Å². The van der Waals surface area contributed by atoms with Crippen molar-refractivity contribution in [1.82, 2.24) is 0 Å². The number of nitrogen functional groups attached to an aromatic ring is 2. The van der Waals surface area contributed by atoms with Crippen molar-refractivity contribution >= 4 is 67.0 Å². The van der Waals surface area contributed by atoms with E-state index in [9.17, 15) is 0 Å². The lowest BCUT2D eigenvalue weighted by molar-refractivity contribution is 1.08. The molecular formula is C34H30N8. The number of fused-ring (bicyclic) bond motifs is 2. The summed E-state index contributed by atoms with van der Waals surface area (Å²) < 4.78 is 0. The molecular weight excluding hydrogens is 520 g/mol. The smallest absolute Gasteiger partial charge is 0.0936 e. The average molecular weight is 551 g/mol. The van der Waals surface area contributed by atoms with Crippen molar-refractivity contribution in [3.63, 3.8) is 0 Å². The zero-order valence-electron chi connectivity index (χ0n) is 22.9. The zero-order valence-corrected chi connectivity index (χ0v) is 22.9. The van der Waals surface area contributed by atoms with E-state index in [2.05, 4.69) is 31.1 Å². The molecule has 0 fully saturated rings. The standard InChI is InChI=1S/C34H30N8/c35-31-17-19-33(29-7-3-1-5-27(29)31)41-39-25-13-9-23(10-14-25)37-21-22-38-24-11-15-26(16-12-24)40-42-34-20-18-32(36)28-6-2-4-8-30(28)34/h1-20,37-38H,21-22,35-36H2. The molecule has 0 aliphatic carbocycles. The first-order valence-electron chi connectivity index (χ1n) is 13.7. The minimum Gasteiger partial charge on any atom is -0.398 e. The molecule has 0 atom stereocenters. The summed E-state index contributed by atoms with van der Waals surface area (Å²) in [5.41, 5.74) is 18.8. The molecule has 206 valence electrons. The molecule has 0 aliphatic heterocycles. The Bertz CT molecular complexity index is 1750. The van der Waals surface area contributed by atoms with Crippen molar-refractivity contribution in [2.45, 2.75) is 0 Å². The molecule has 6 N–H and O–H groups in total. The van der Waals surface area contributed by atoms with Gasteiger partial charge in [0, 0.05) is 57.4 Å². The van der Waals surface area contributed by atoms with Gasteiger partial charge in [0.05, 0.1) is 22.7 Å². The van der Waals surface area contributed by atoms with Crippen molar-refractivity contribution in [3.8, 4) is 0 Å². The van der Waals surface area contributed by atoms with Crippen LogP contribution in [0.2, 0.25) is 0 Å². The maximum absolute atomic E-state index is 6.09. The summed E-state index contributed by atoms with van der Waals surface area (Å²) in [5.74, 6) is 0. The van der Waals surface area contributed by atoms with E-state index in [-0.39, 0.29) is 0 Å². The molecule has 0 heterocycles. The van der Waals surface area contributed by atoms with E-state index < -0.39 is 0 Å². The Kier molecular flexibility index (Phi) is 7.67. The summed E-state index contributed by atoms with van der Waals surface area (Å²) in [6, 6.07) is 39.2. The molecule has 8 nitrogen and oxygen atoms in total. The highest BCUT2D eigenvalue weighted by molar-refractivity contribution is 6.00. The van der Waals surface area contributed by atoms with E-state index >= 15 is 0 Å². The Morgan fingerprint density at radius 1 is 0.405 bits per heavy atom. The summed E-state index contributed by atoms with van der Waals surface area (Å²) in [5, 5.41) is 28.5. The number of hydrogen-bond donors (Lipinski definition) is 4. The highest BCUT2D eigenvalue weighted by Gasteiger charge is 2.04. The predicted molar refractivity (Wildman–Crippen MR) is 175 cm³/mol. The molecule has 42 heavy (non-hydrogen) atoms. The van der Waals surface area contributed by atoms with E-state index in [1.54, 1.807) is 0 Å². The van der Waals surface area contributed by atoms with E-state index in [0.29, 0.717) is 0 Å². The maximum Gasteiger partial charge on any atom is 0.0936 e. The Balaban J connectivity index is 0.991. The summed E-state index contributed by atoms with van der Waals surface area (Å²) in [6.07, 6.45) is 0. The Morgan fingerprint density at radius 2 is 0.786 bits per heavy atom. The number of hydrogen-bond acceptors (Lipinski definition) is 8. The molecule has 0 bridgehead atoms. The molecule has 0 unspecified atom stereocenters. The number of anilines is 4. The van der Waals surface area contributed by atoms with Gasteiger partial charge in [-0.2, -0.15) is 10.2 Å². The fourth-order valence-electron chi connectivity index (χ4n) is 4.72. The highest BCUT2D eigenvalue weighted by atomic mass is 15.1. The molecule has 0 aromatic heterocycles. The normalized spacial score (nSPS) is 11.5. The molecule has 0 saturated carbocycles. The van der Waals surface area contributed by atoms with E-state index in [0.717, 1.165) is 80.1 Å². The van der Waals surface area contributed by atoms with Crippen LogP contribution < -0.4 is 22.1 Å². The van der Waals surface area contributed by atoms with Gasteiger partial charge in [-0.1, -0.05) is 48.5 Å². The van der Waals surface area contributed by atoms with Crippen molar-refractivity contribution in [3.05, 3.63) is 121 Å². The summed E-state index contributed by atoms with van der Waals surface area (Å²) in [6.45, 7) is 1.51. The van der Waals surface area contributed by atoms with Crippen molar-refractivity contribution in [2.24, 2.45) is 20.5 Å². The third-order valence-corrected chi connectivity index (χ3v) is 6.93. The molecule has 0 spiro atoms. The lowest BCUT2D eigenvalue weighted by Crippen LogP contribution is -2.13. The molecule has 6 aromatic carbocycles. The first-order valence-corrected chi connectivity index (χ1v) is 13.7. The second-order valence-corrected chi connectivity index (χ2v) is 9.79. The predicted octanol–water partition coefficient (Wildman–Crippen LogP) is 9.51. The Labute approximate surface area is 243 Å². The van der Waals surface area contributed by atoms with Crippen molar-refractivity contribution < 1.29 is 0 Å². The monoisotopic (exact) mass is 550 g/mol. The number of rotatable bonds is 9. The van der Waals surface area contributed by atoms with Crippen molar-refractivity contribution in [1.29, 1.82) is 0 Å². The minimum atomic E-state index is 0.734. The van der Waals surface area contributed by atoms with Gasteiger partial charge in [0.1, 0.15) is 0 Å². The first-order chi connectivity index (χ1) is 20.6. The number of nitrogens with zero attached hydrogens (tertiary/aromatic N) is 4. The number of nitrogens with one attached hydrogen (secondary N) is 2. The summed E-state index contributed by atoms with van der Waals surface area (Å²) in [4.78, 5) is 0. The quantitative estimate of drug-likeness (QED) is 0.0812. The summed E-state index contributed by atoms with van der Waals surface area (Å²) >= 11 is 0. The third kappa shape index (κ3) is 6.03. The largest absolute Gasteiger partial charge is 0.398 e. The Morgan fingerprint density at radius 3 is 1.19 bits per heavy atom. The number of benzene rings is 6. The van der Waals surface area contributed by atoms with Gasteiger partial charge < -0.3 is 22.1 Å². The van der Waals surface area contributed by atoms with Crippen LogP contribution in [0.5, 0.6) is 0 Å². The SMILES string of the molecule is Nc1ccc(N=Nc2ccc(NCCNc3ccc(N=Nc4ccc(N)c5ccccc45)cc3)cc2)c2ccccc12. The molecule has 6 rings (SSSR count). The molecule has 0 aliphatic rings. The molecule has 0 saturated heterocycles. The molecule has 0 radical (unpaired) electrons. The fraction of sp³-hybridized carbons (Fsp3) is 0.0588. The van der Waals surface area contributed by atoms with Gasteiger partial charge in [-0.25, -0.2) is 0 Å². The minimum absolute atomic E-state index is 0.734. The van der Waals surface area contributed by atoms with Crippen LogP contribution in [0.4, 0.5) is 45.5 Å². The second kappa shape index (κ2) is 12.2. The average Bonchev–Trinajstić information content (AvgIpc) is 3.04. The van der Waals surface area contributed by atoms with Crippen LogP contribution in [0.3, 0.4) is 0 Å². The fourth-order valence-corrected chi connectivity index (χ4v) is 4.72. The number of nitrogens with two attached hydrogens (primary N) is 2. The van der Waals surface area contributed by atoms with Gasteiger partial charge in [0.25, 0.3) is 0 Å². The van der Waals surface area contributed by atoms with Crippen molar-refractivity contribution in [2.75, 3.05) is 35.2 Å². The number of azo groups is 2. The molecule has 8 heteroatoms. The summed E-state index contributed by atoms with van der Waals surface area (Å²) in [7, 11) is 0. The Hall–Kier alpha value is -5.76. The van der Waals surface area contributed by atoms with Gasteiger partial charge in [-0.15, -0.1) is 10.2 Å². The molecule has 0 amide bonds. The zero-order chi connectivity index (χ0) is 28.7. The van der Waals surface area contributed by atoms with E-state index in [1.807, 2.05) is 121 Å². The van der Waals surface area contributed by atoms with Gasteiger partial charge >= 0.3 is 0 Å². The maximum atomic E-state index is 6.09. The lowest BCUT2D eigenvalue weighted by Gasteiger charge is -2.09. The van der Waals surface area contributed by atoms with Gasteiger partial charge in [0.15, 0.2) is 0 Å². The van der Waals surface area contributed by atoms with Crippen LogP contribution in [0, 0.1) is 0 Å². The van der Waals surface area contributed by atoms with Gasteiger partial charge in [0.2, 0.25) is 0 Å². The topological polar surface area (TPSA) is 126 Å². The van der Waals surface area contributed by atoms with E-state index in [1.165, 1.54) is 0 Å². The molecule has 6 aromatic rings.